The number of carbonyl (C=O) groups excluding carboxylic acids is 4. The number of rotatable bonds is 5. The highest BCUT2D eigenvalue weighted by molar-refractivity contribution is 6.06. The van der Waals surface area contributed by atoms with E-state index in [0.717, 1.165) is 0 Å². The Morgan fingerprint density at radius 1 is 1.28 bits per heavy atom. The topological polar surface area (TPSA) is 131 Å². The van der Waals surface area contributed by atoms with Gasteiger partial charge in [-0.25, -0.2) is 13.6 Å². The molecule has 0 aromatic rings. The lowest BCUT2D eigenvalue weighted by atomic mass is 9.77. The summed E-state index contributed by atoms with van der Waals surface area (Å²) in [5, 5.41) is 16.1. The Kier molecular flexibility index (Phi) is 5.23. The first kappa shape index (κ1) is 21.0. The summed E-state index contributed by atoms with van der Waals surface area (Å²) >= 11 is 0. The predicted octanol–water partition coefficient (Wildman–Crippen LogP) is 0.411. The summed E-state index contributed by atoms with van der Waals surface area (Å²) in [4.78, 5) is 49.8. The summed E-state index contributed by atoms with van der Waals surface area (Å²) in [5.74, 6) is -4.72. The number of nitrogens with one attached hydrogen (secondary N) is 3. The minimum absolute atomic E-state index is 0.0740. The van der Waals surface area contributed by atoms with Crippen LogP contribution >= 0.6 is 0 Å². The highest BCUT2D eigenvalue weighted by atomic mass is 19.3. The monoisotopic (exact) mass is 411 g/mol. The first-order chi connectivity index (χ1) is 13.5. The number of urea groups is 1. The normalized spacial score (nSPS) is 23.2. The smallest absolute Gasteiger partial charge is 0.318 e. The van der Waals surface area contributed by atoms with Crippen molar-refractivity contribution in [2.24, 2.45) is 5.41 Å². The highest BCUT2D eigenvalue weighted by Gasteiger charge is 2.49. The number of imide groups is 1. The second-order valence-corrected chi connectivity index (χ2v) is 8.28. The Bertz CT molecular complexity index is 776. The van der Waals surface area contributed by atoms with Crippen LogP contribution in [-0.4, -0.2) is 59.2 Å². The predicted molar refractivity (Wildman–Crippen MR) is 94.3 cm³/mol. The third-order valence-electron chi connectivity index (χ3n) is 5.74. The second-order valence-electron chi connectivity index (χ2n) is 8.28. The van der Waals surface area contributed by atoms with Crippen molar-refractivity contribution in [1.29, 1.82) is 5.26 Å². The summed E-state index contributed by atoms with van der Waals surface area (Å²) in [6, 6.07) is -0.253. The molecular formula is C18H23F2N5O4. The van der Waals surface area contributed by atoms with E-state index in [4.69, 9.17) is 5.26 Å². The van der Waals surface area contributed by atoms with Crippen LogP contribution in [0, 0.1) is 16.7 Å². The van der Waals surface area contributed by atoms with Crippen LogP contribution in [0.2, 0.25) is 0 Å². The number of alkyl halides is 2. The SMILES string of the molecule is CC(F)(F)CC(NC(=O)N1CCC2(CC1)CC(=O)NC2=O)C(=O)NC1(C#N)CC1. The van der Waals surface area contributed by atoms with Gasteiger partial charge < -0.3 is 15.5 Å². The molecule has 2 heterocycles. The van der Waals surface area contributed by atoms with Crippen LogP contribution < -0.4 is 16.0 Å². The van der Waals surface area contributed by atoms with Crippen molar-refractivity contribution in [3.8, 4) is 6.07 Å². The molecule has 3 aliphatic rings. The van der Waals surface area contributed by atoms with E-state index in [0.29, 0.717) is 19.8 Å². The summed E-state index contributed by atoms with van der Waals surface area (Å²) in [5.41, 5.74) is -1.87. The Morgan fingerprint density at radius 3 is 2.34 bits per heavy atom. The molecule has 1 aliphatic carbocycles. The molecule has 0 aromatic heterocycles. The van der Waals surface area contributed by atoms with E-state index in [1.165, 1.54) is 4.90 Å². The first-order valence-electron chi connectivity index (χ1n) is 9.48. The van der Waals surface area contributed by atoms with E-state index >= 15 is 0 Å². The molecule has 11 heteroatoms. The van der Waals surface area contributed by atoms with Gasteiger partial charge in [0.05, 0.1) is 11.5 Å². The van der Waals surface area contributed by atoms with Crippen LogP contribution in [0.15, 0.2) is 0 Å². The van der Waals surface area contributed by atoms with Gasteiger partial charge in [0.1, 0.15) is 11.6 Å². The lowest BCUT2D eigenvalue weighted by Crippen LogP contribution is -2.56. The van der Waals surface area contributed by atoms with Crippen LogP contribution in [0.3, 0.4) is 0 Å². The van der Waals surface area contributed by atoms with E-state index in [1.807, 2.05) is 6.07 Å². The summed E-state index contributed by atoms with van der Waals surface area (Å²) in [7, 11) is 0. The van der Waals surface area contributed by atoms with Gasteiger partial charge in [0.25, 0.3) is 0 Å². The molecule has 0 aromatic carbocycles. The molecular weight excluding hydrogens is 388 g/mol. The molecule has 1 unspecified atom stereocenters. The van der Waals surface area contributed by atoms with Crippen molar-refractivity contribution in [2.45, 2.75) is 63.0 Å². The average Bonchev–Trinajstić information content (AvgIpc) is 3.34. The number of likely N-dealkylation sites (tertiary alicyclic amines) is 1. The van der Waals surface area contributed by atoms with Gasteiger partial charge in [0, 0.05) is 25.9 Å². The number of carbonyl (C=O) groups is 4. The van der Waals surface area contributed by atoms with Gasteiger partial charge in [0.15, 0.2) is 0 Å². The van der Waals surface area contributed by atoms with E-state index in [9.17, 15) is 28.0 Å². The highest BCUT2D eigenvalue weighted by Crippen LogP contribution is 2.38. The maximum absolute atomic E-state index is 13.5. The molecule has 1 spiro atoms. The quantitative estimate of drug-likeness (QED) is 0.564. The second kappa shape index (κ2) is 7.24. The van der Waals surface area contributed by atoms with Gasteiger partial charge in [-0.1, -0.05) is 0 Å². The van der Waals surface area contributed by atoms with Crippen molar-refractivity contribution in [2.75, 3.05) is 13.1 Å². The molecule has 3 rings (SSSR count). The average molecular weight is 411 g/mol. The largest absolute Gasteiger partial charge is 0.336 e. The van der Waals surface area contributed by atoms with Gasteiger partial charge in [-0.3, -0.25) is 19.7 Å². The third kappa shape index (κ3) is 4.63. The molecule has 5 amide bonds. The van der Waals surface area contributed by atoms with Crippen LogP contribution in [0.1, 0.15) is 45.4 Å². The van der Waals surface area contributed by atoms with Crippen molar-refractivity contribution in [3.63, 3.8) is 0 Å². The number of piperidine rings is 1. The molecule has 3 N–H and O–H groups in total. The molecule has 2 aliphatic heterocycles. The lowest BCUT2D eigenvalue weighted by molar-refractivity contribution is -0.130. The summed E-state index contributed by atoms with van der Waals surface area (Å²) in [6.45, 7) is 0.966. The zero-order valence-corrected chi connectivity index (χ0v) is 16.0. The Labute approximate surface area is 166 Å². The molecule has 3 fully saturated rings. The van der Waals surface area contributed by atoms with E-state index in [1.54, 1.807) is 0 Å². The van der Waals surface area contributed by atoms with E-state index < -0.39 is 41.3 Å². The van der Waals surface area contributed by atoms with Gasteiger partial charge in [-0.2, -0.15) is 5.26 Å². The molecule has 1 atom stereocenters. The summed E-state index contributed by atoms with van der Waals surface area (Å²) in [6.07, 6.45) is 0.596. The fraction of sp³-hybridized carbons (Fsp3) is 0.722. The molecule has 1 saturated carbocycles. The number of nitrogens with zero attached hydrogens (tertiary/aromatic N) is 2. The Hall–Kier alpha value is -2.77. The van der Waals surface area contributed by atoms with Crippen molar-refractivity contribution >= 4 is 23.8 Å². The van der Waals surface area contributed by atoms with Gasteiger partial charge in [0.2, 0.25) is 23.6 Å². The van der Waals surface area contributed by atoms with Crippen LogP contribution in [-0.2, 0) is 14.4 Å². The lowest BCUT2D eigenvalue weighted by Gasteiger charge is -2.37. The van der Waals surface area contributed by atoms with E-state index in [2.05, 4.69) is 16.0 Å². The van der Waals surface area contributed by atoms with Crippen LogP contribution in [0.4, 0.5) is 13.6 Å². The number of nitriles is 1. The maximum Gasteiger partial charge on any atom is 0.318 e. The van der Waals surface area contributed by atoms with Gasteiger partial charge in [-0.05, 0) is 32.6 Å². The number of hydrogen-bond acceptors (Lipinski definition) is 5. The van der Waals surface area contributed by atoms with Crippen molar-refractivity contribution in [3.05, 3.63) is 0 Å². The standard InChI is InChI=1S/C18H23F2N5O4/c1-16(19,20)8-11(13(27)24-18(10-21)2-3-18)22-15(29)25-6-4-17(5-7-25)9-12(26)23-14(17)28/h11H,2-9H2,1H3,(H,22,29)(H,24,27)(H,23,26,28). The molecule has 2 saturated heterocycles. The zero-order chi connectivity index (χ0) is 21.4. The van der Waals surface area contributed by atoms with Crippen LogP contribution in [0.5, 0.6) is 0 Å². The minimum Gasteiger partial charge on any atom is -0.336 e. The van der Waals surface area contributed by atoms with Crippen molar-refractivity contribution < 1.29 is 28.0 Å². The fourth-order valence-electron chi connectivity index (χ4n) is 3.75. The first-order valence-corrected chi connectivity index (χ1v) is 9.48. The molecule has 158 valence electrons. The summed E-state index contributed by atoms with van der Waals surface area (Å²) < 4.78 is 27.1. The fourth-order valence-corrected chi connectivity index (χ4v) is 3.75. The Balaban J connectivity index is 1.61. The molecule has 9 nitrogen and oxygen atoms in total. The molecule has 0 radical (unpaired) electrons. The number of hydrogen-bond donors (Lipinski definition) is 3. The zero-order valence-electron chi connectivity index (χ0n) is 16.0. The molecule has 0 bridgehead atoms. The number of amides is 5. The number of halogens is 2. The van der Waals surface area contributed by atoms with Crippen molar-refractivity contribution in [1.82, 2.24) is 20.9 Å². The minimum atomic E-state index is -3.20. The maximum atomic E-state index is 13.5. The molecule has 29 heavy (non-hydrogen) atoms. The van der Waals surface area contributed by atoms with E-state index in [-0.39, 0.29) is 44.2 Å². The third-order valence-corrected chi connectivity index (χ3v) is 5.74. The van der Waals surface area contributed by atoms with Crippen LogP contribution in [0.25, 0.3) is 0 Å². The Morgan fingerprint density at radius 2 is 1.90 bits per heavy atom. The van der Waals surface area contributed by atoms with Gasteiger partial charge >= 0.3 is 6.03 Å². The van der Waals surface area contributed by atoms with Gasteiger partial charge in [-0.15, -0.1) is 0 Å².